The van der Waals surface area contributed by atoms with Gasteiger partial charge in [-0.25, -0.2) is 0 Å². The topological polar surface area (TPSA) is 0 Å². The van der Waals surface area contributed by atoms with Gasteiger partial charge >= 0.3 is 0 Å². The Morgan fingerprint density at radius 2 is 1.00 bits per heavy atom. The normalized spacial score (nSPS) is 12.5. The molecule has 0 unspecified atom stereocenters. The molecule has 0 aromatic heterocycles. The summed E-state index contributed by atoms with van der Waals surface area (Å²) in [6.45, 7) is 14.2. The lowest BCUT2D eigenvalue weighted by Gasteiger charge is -2.22. The monoisotopic (exact) mass is 394 g/mol. The van der Waals surface area contributed by atoms with Crippen LogP contribution in [-0.2, 0) is 0 Å². The van der Waals surface area contributed by atoms with Gasteiger partial charge in [-0.15, -0.1) is 25.3 Å². The second kappa shape index (κ2) is 7.04. The van der Waals surface area contributed by atoms with Crippen LogP contribution in [0.15, 0.2) is 56.0 Å². The van der Waals surface area contributed by atoms with Gasteiger partial charge in [-0.3, -0.25) is 0 Å². The van der Waals surface area contributed by atoms with Crippen molar-refractivity contribution in [2.24, 2.45) is 0 Å². The van der Waals surface area contributed by atoms with Crippen molar-refractivity contribution < 1.29 is 0 Å². The Kier molecular flexibility index (Phi) is 5.89. The fourth-order valence-corrected chi connectivity index (χ4v) is 9.13. The van der Waals surface area contributed by atoms with Crippen LogP contribution in [0.1, 0.15) is 0 Å². The fraction of sp³-hybridized carbons (Fsp3) is 0.333. The van der Waals surface area contributed by atoms with Gasteiger partial charge in [0.2, 0.25) is 0 Å². The maximum absolute atomic E-state index is 4.85. The van der Waals surface area contributed by atoms with Crippen LogP contribution in [0.25, 0.3) is 0 Å². The molecule has 23 heavy (non-hydrogen) atoms. The van der Waals surface area contributed by atoms with Crippen LogP contribution in [0.4, 0.5) is 0 Å². The van der Waals surface area contributed by atoms with Gasteiger partial charge in [-0.1, -0.05) is 75.3 Å². The van der Waals surface area contributed by atoms with Crippen molar-refractivity contribution in [2.75, 3.05) is 0 Å². The van der Waals surface area contributed by atoms with Gasteiger partial charge < -0.3 is 0 Å². The highest BCUT2D eigenvalue weighted by Crippen LogP contribution is 2.35. The highest BCUT2D eigenvalue weighted by atomic mass is 32.2. The lowest BCUT2D eigenvalue weighted by molar-refractivity contribution is 1.23. The van der Waals surface area contributed by atoms with Crippen LogP contribution in [0, 0.1) is 0 Å². The molecule has 5 heteroatoms. The molecule has 0 bridgehead atoms. The molecule has 0 spiro atoms. The predicted octanol–water partition coefficient (Wildman–Crippen LogP) is 5.51. The molecule has 0 N–H and O–H groups in total. The van der Waals surface area contributed by atoms with E-state index < -0.39 is 16.1 Å². The maximum Gasteiger partial charge on any atom is 0.0791 e. The van der Waals surface area contributed by atoms with E-state index in [1.165, 1.54) is 20.2 Å². The summed E-state index contributed by atoms with van der Waals surface area (Å²) in [7, 11) is -2.77. The van der Waals surface area contributed by atoms with Crippen molar-refractivity contribution in [3.8, 4) is 0 Å². The van der Waals surface area contributed by atoms with E-state index in [2.05, 4.69) is 75.7 Å². The predicted molar refractivity (Wildman–Crippen MR) is 117 cm³/mol. The van der Waals surface area contributed by atoms with E-state index in [0.717, 1.165) is 9.79 Å². The summed E-state index contributed by atoms with van der Waals surface area (Å²) >= 11 is 11.5. The lowest BCUT2D eigenvalue weighted by atomic mass is 10.3. The zero-order valence-electron chi connectivity index (χ0n) is 14.8. The summed E-state index contributed by atoms with van der Waals surface area (Å²) in [5, 5.41) is 2.85. The van der Waals surface area contributed by atoms with Gasteiger partial charge in [0.15, 0.2) is 0 Å². The van der Waals surface area contributed by atoms with Gasteiger partial charge in [0.1, 0.15) is 0 Å². The first-order valence-electron chi connectivity index (χ1n) is 7.84. The smallest absolute Gasteiger partial charge is 0.0791 e. The third-order valence-corrected chi connectivity index (χ3v) is 10.7. The molecule has 2 rings (SSSR count). The van der Waals surface area contributed by atoms with E-state index in [1.54, 1.807) is 11.8 Å². The molecule has 2 aromatic rings. The van der Waals surface area contributed by atoms with Crippen LogP contribution in [-0.4, -0.2) is 16.1 Å². The quantitative estimate of drug-likeness (QED) is 0.509. The van der Waals surface area contributed by atoms with Crippen LogP contribution in [0.3, 0.4) is 0 Å². The summed E-state index contributed by atoms with van der Waals surface area (Å²) < 4.78 is 0. The van der Waals surface area contributed by atoms with Gasteiger partial charge in [0.05, 0.1) is 16.1 Å². The van der Waals surface area contributed by atoms with E-state index in [1.807, 2.05) is 0 Å². The summed E-state index contributed by atoms with van der Waals surface area (Å²) in [6.07, 6.45) is 0. The molecular weight excluding hydrogens is 369 g/mol. The van der Waals surface area contributed by atoms with E-state index in [4.69, 9.17) is 25.3 Å². The number of rotatable bonds is 4. The molecular formula is C18H26S3Si2. The SMILES string of the molecule is C[Si](C)(C)c1cccc(Sc2cccc([Si](C)(C)C)c2S)c1S. The Morgan fingerprint density at radius 1 is 0.652 bits per heavy atom. The summed E-state index contributed by atoms with van der Waals surface area (Å²) in [6, 6.07) is 13.1. The zero-order chi connectivity index (χ0) is 17.4. The molecule has 0 atom stereocenters. The van der Waals surface area contributed by atoms with Gasteiger partial charge in [0, 0.05) is 19.6 Å². The van der Waals surface area contributed by atoms with E-state index in [-0.39, 0.29) is 0 Å². The lowest BCUT2D eigenvalue weighted by Crippen LogP contribution is -2.39. The third kappa shape index (κ3) is 4.51. The minimum absolute atomic E-state index is 1.14. The second-order valence-corrected chi connectivity index (χ2v) is 20.0. The first-order chi connectivity index (χ1) is 10.5. The number of hydrogen-bond acceptors (Lipinski definition) is 3. The Hall–Kier alpha value is -0.0762. The molecule has 0 heterocycles. The zero-order valence-corrected chi connectivity index (χ0v) is 19.4. The van der Waals surface area contributed by atoms with Gasteiger partial charge in [-0.2, -0.15) is 0 Å². The minimum Gasteiger partial charge on any atom is -0.142 e. The van der Waals surface area contributed by atoms with Crippen molar-refractivity contribution in [2.45, 2.75) is 58.9 Å². The molecule has 0 saturated carbocycles. The maximum atomic E-state index is 4.85. The molecule has 0 radical (unpaired) electrons. The summed E-state index contributed by atoms with van der Waals surface area (Å²) in [5.41, 5.74) is 0. The molecule has 124 valence electrons. The molecule has 0 saturated heterocycles. The van der Waals surface area contributed by atoms with Crippen LogP contribution < -0.4 is 10.4 Å². The molecule has 0 fully saturated rings. The first kappa shape index (κ1) is 19.3. The average molecular weight is 395 g/mol. The molecule has 0 amide bonds. The van der Waals surface area contributed by atoms with Crippen LogP contribution >= 0.6 is 37.0 Å². The van der Waals surface area contributed by atoms with Crippen molar-refractivity contribution in [3.63, 3.8) is 0 Å². The van der Waals surface area contributed by atoms with Crippen molar-refractivity contribution in [3.05, 3.63) is 36.4 Å². The highest BCUT2D eigenvalue weighted by molar-refractivity contribution is 8.00. The van der Waals surface area contributed by atoms with Gasteiger partial charge in [-0.05, 0) is 22.5 Å². The Morgan fingerprint density at radius 3 is 1.30 bits per heavy atom. The summed E-state index contributed by atoms with van der Waals surface area (Å²) in [4.78, 5) is 4.75. The van der Waals surface area contributed by atoms with Gasteiger partial charge in [0.25, 0.3) is 0 Å². The molecule has 0 aliphatic carbocycles. The Labute approximate surface area is 158 Å². The number of hydrogen-bond donors (Lipinski definition) is 2. The largest absolute Gasteiger partial charge is 0.142 e. The van der Waals surface area contributed by atoms with E-state index >= 15 is 0 Å². The van der Waals surface area contributed by atoms with E-state index in [0.29, 0.717) is 0 Å². The molecule has 2 aromatic carbocycles. The highest BCUT2D eigenvalue weighted by Gasteiger charge is 2.23. The molecule has 0 aliphatic heterocycles. The molecule has 0 nitrogen and oxygen atoms in total. The van der Waals surface area contributed by atoms with Crippen LogP contribution in [0.5, 0.6) is 0 Å². The van der Waals surface area contributed by atoms with E-state index in [9.17, 15) is 0 Å². The number of thiol groups is 2. The Balaban J connectivity index is 2.46. The standard InChI is InChI=1S/C18H26S3Si2/c1-22(2,3)15-11-7-9-13(17(15)19)21-14-10-8-12-16(18(14)20)23(4,5)6/h7-12,19-20H,1-6H3. The first-order valence-corrected chi connectivity index (χ1v) is 16.6. The Bertz CT molecular complexity index is 652. The fourth-order valence-electron chi connectivity index (χ4n) is 2.54. The van der Waals surface area contributed by atoms with Crippen molar-refractivity contribution >= 4 is 63.5 Å². The van der Waals surface area contributed by atoms with Crippen molar-refractivity contribution in [1.82, 2.24) is 0 Å². The van der Waals surface area contributed by atoms with Crippen molar-refractivity contribution in [1.29, 1.82) is 0 Å². The second-order valence-electron chi connectivity index (χ2n) is 7.91. The third-order valence-electron chi connectivity index (χ3n) is 3.83. The molecule has 0 aliphatic rings. The number of benzene rings is 2. The average Bonchev–Trinajstić information content (AvgIpc) is 2.40. The summed E-state index contributed by atoms with van der Waals surface area (Å²) in [5.74, 6) is 0. The minimum atomic E-state index is -1.38. The van der Waals surface area contributed by atoms with Crippen LogP contribution in [0.2, 0.25) is 39.3 Å².